The van der Waals surface area contributed by atoms with E-state index in [1.165, 1.54) is 18.2 Å². The van der Waals surface area contributed by atoms with E-state index >= 15 is 0 Å². The SMILES string of the molecule is Cl.O=[N+]([O-])c1ccc(F)c([C@H]2CCCCN2)c1. The molecule has 1 aliphatic rings. The molecule has 1 fully saturated rings. The minimum atomic E-state index is -0.494. The van der Waals surface area contributed by atoms with Crippen molar-refractivity contribution in [3.8, 4) is 0 Å². The Morgan fingerprint density at radius 2 is 2.18 bits per heavy atom. The van der Waals surface area contributed by atoms with Crippen molar-refractivity contribution in [1.29, 1.82) is 0 Å². The van der Waals surface area contributed by atoms with Crippen LogP contribution in [0.5, 0.6) is 0 Å². The Kier molecular flexibility index (Phi) is 4.84. The number of nitrogens with one attached hydrogen (secondary N) is 1. The number of benzene rings is 1. The van der Waals surface area contributed by atoms with Gasteiger partial charge in [0, 0.05) is 23.7 Å². The Labute approximate surface area is 105 Å². The molecule has 4 nitrogen and oxygen atoms in total. The van der Waals surface area contributed by atoms with Crippen molar-refractivity contribution in [2.24, 2.45) is 0 Å². The molecule has 1 aromatic rings. The van der Waals surface area contributed by atoms with E-state index in [1.54, 1.807) is 0 Å². The van der Waals surface area contributed by atoms with Gasteiger partial charge in [0.25, 0.3) is 5.69 Å². The zero-order valence-electron chi connectivity index (χ0n) is 9.19. The molecule has 0 spiro atoms. The van der Waals surface area contributed by atoms with Crippen molar-refractivity contribution < 1.29 is 9.31 Å². The molecule has 1 aromatic carbocycles. The summed E-state index contributed by atoms with van der Waals surface area (Å²) in [6.07, 6.45) is 2.94. The average Bonchev–Trinajstić information content (AvgIpc) is 2.30. The van der Waals surface area contributed by atoms with Crippen LogP contribution in [0.1, 0.15) is 30.9 Å². The number of nitrogens with zero attached hydrogens (tertiary/aromatic N) is 1. The summed E-state index contributed by atoms with van der Waals surface area (Å²) in [6.45, 7) is 0.840. The smallest absolute Gasteiger partial charge is 0.269 e. The van der Waals surface area contributed by atoms with E-state index in [-0.39, 0.29) is 30.0 Å². The van der Waals surface area contributed by atoms with Crippen molar-refractivity contribution in [3.63, 3.8) is 0 Å². The second kappa shape index (κ2) is 5.93. The van der Waals surface area contributed by atoms with E-state index in [0.29, 0.717) is 5.56 Å². The second-order valence-corrected chi connectivity index (χ2v) is 3.97. The Morgan fingerprint density at radius 3 is 2.76 bits per heavy atom. The minimum absolute atomic E-state index is 0. The highest BCUT2D eigenvalue weighted by Crippen LogP contribution is 2.27. The van der Waals surface area contributed by atoms with Crippen LogP contribution in [0.4, 0.5) is 10.1 Å². The number of hydrogen-bond donors (Lipinski definition) is 1. The maximum Gasteiger partial charge on any atom is 0.269 e. The van der Waals surface area contributed by atoms with E-state index < -0.39 is 4.92 Å². The normalized spacial score (nSPS) is 19.5. The second-order valence-electron chi connectivity index (χ2n) is 3.97. The summed E-state index contributed by atoms with van der Waals surface area (Å²) in [5.74, 6) is -0.370. The number of non-ortho nitro benzene ring substituents is 1. The summed E-state index contributed by atoms with van der Waals surface area (Å²) in [4.78, 5) is 10.1. The molecule has 0 unspecified atom stereocenters. The monoisotopic (exact) mass is 260 g/mol. The Hall–Kier alpha value is -1.20. The third-order valence-corrected chi connectivity index (χ3v) is 2.88. The summed E-state index contributed by atoms with van der Waals surface area (Å²) in [5.41, 5.74) is 0.359. The maximum absolute atomic E-state index is 13.6. The minimum Gasteiger partial charge on any atom is -0.310 e. The Morgan fingerprint density at radius 1 is 1.41 bits per heavy atom. The largest absolute Gasteiger partial charge is 0.310 e. The van der Waals surface area contributed by atoms with E-state index in [2.05, 4.69) is 5.32 Å². The van der Waals surface area contributed by atoms with Crippen molar-refractivity contribution in [1.82, 2.24) is 5.32 Å². The van der Waals surface area contributed by atoms with E-state index in [1.807, 2.05) is 0 Å². The number of halogens is 2. The lowest BCUT2D eigenvalue weighted by molar-refractivity contribution is -0.385. The number of rotatable bonds is 2. The lowest BCUT2D eigenvalue weighted by Crippen LogP contribution is -2.27. The summed E-state index contributed by atoms with van der Waals surface area (Å²) in [5, 5.41) is 13.8. The zero-order chi connectivity index (χ0) is 11.5. The summed E-state index contributed by atoms with van der Waals surface area (Å²) < 4.78 is 13.6. The molecule has 1 atom stereocenters. The lowest BCUT2D eigenvalue weighted by atomic mass is 9.97. The van der Waals surface area contributed by atoms with Crippen molar-refractivity contribution in [2.75, 3.05) is 6.54 Å². The van der Waals surface area contributed by atoms with Crippen LogP contribution in [0.2, 0.25) is 0 Å². The van der Waals surface area contributed by atoms with Crippen LogP contribution >= 0.6 is 12.4 Å². The van der Waals surface area contributed by atoms with Crippen LogP contribution in [-0.4, -0.2) is 11.5 Å². The van der Waals surface area contributed by atoms with Gasteiger partial charge in [0.1, 0.15) is 5.82 Å². The van der Waals surface area contributed by atoms with Gasteiger partial charge in [-0.1, -0.05) is 6.42 Å². The molecular weight excluding hydrogens is 247 g/mol. The fourth-order valence-electron chi connectivity index (χ4n) is 2.03. The first-order chi connectivity index (χ1) is 7.68. The highest BCUT2D eigenvalue weighted by molar-refractivity contribution is 5.85. The van der Waals surface area contributed by atoms with Crippen LogP contribution in [-0.2, 0) is 0 Å². The van der Waals surface area contributed by atoms with Gasteiger partial charge in [-0.05, 0) is 25.5 Å². The number of piperidine rings is 1. The van der Waals surface area contributed by atoms with Crippen molar-refractivity contribution in [2.45, 2.75) is 25.3 Å². The van der Waals surface area contributed by atoms with Crippen LogP contribution in [0, 0.1) is 15.9 Å². The van der Waals surface area contributed by atoms with E-state index in [0.717, 1.165) is 25.8 Å². The molecule has 17 heavy (non-hydrogen) atoms. The van der Waals surface area contributed by atoms with Gasteiger partial charge in [-0.25, -0.2) is 4.39 Å². The summed E-state index contributed by atoms with van der Waals surface area (Å²) in [7, 11) is 0. The molecule has 1 aliphatic heterocycles. The molecular formula is C11H14ClFN2O2. The van der Waals surface area contributed by atoms with Gasteiger partial charge >= 0.3 is 0 Å². The topological polar surface area (TPSA) is 55.2 Å². The number of nitro groups is 1. The van der Waals surface area contributed by atoms with Crippen LogP contribution < -0.4 is 5.32 Å². The molecule has 0 aliphatic carbocycles. The number of hydrogen-bond acceptors (Lipinski definition) is 3. The summed E-state index contributed by atoms with van der Waals surface area (Å²) >= 11 is 0. The van der Waals surface area contributed by atoms with Gasteiger partial charge in [-0.3, -0.25) is 10.1 Å². The predicted octanol–water partition coefficient (Wildman–Crippen LogP) is 2.97. The first-order valence-electron chi connectivity index (χ1n) is 5.35. The van der Waals surface area contributed by atoms with Crippen LogP contribution in [0.3, 0.4) is 0 Å². The average molecular weight is 261 g/mol. The zero-order valence-corrected chi connectivity index (χ0v) is 10.0. The van der Waals surface area contributed by atoms with Crippen molar-refractivity contribution >= 4 is 18.1 Å². The molecule has 6 heteroatoms. The molecule has 0 amide bonds. The molecule has 1 saturated heterocycles. The van der Waals surface area contributed by atoms with Crippen molar-refractivity contribution in [3.05, 3.63) is 39.7 Å². The third-order valence-electron chi connectivity index (χ3n) is 2.88. The first kappa shape index (κ1) is 13.9. The fourth-order valence-corrected chi connectivity index (χ4v) is 2.03. The van der Waals surface area contributed by atoms with Crippen LogP contribution in [0.25, 0.3) is 0 Å². The molecule has 0 aromatic heterocycles. The first-order valence-corrected chi connectivity index (χ1v) is 5.35. The number of nitro benzene ring substituents is 1. The standard InChI is InChI=1S/C11H13FN2O2.ClH/c12-10-5-4-8(14(15)16)7-9(10)11-3-1-2-6-13-11;/h4-5,7,11,13H,1-3,6H2;1H/t11-;/m1./s1. The Balaban J connectivity index is 0.00000144. The van der Waals surface area contributed by atoms with E-state index in [9.17, 15) is 14.5 Å². The highest BCUT2D eigenvalue weighted by Gasteiger charge is 2.20. The predicted molar refractivity (Wildman–Crippen MR) is 64.9 cm³/mol. The third kappa shape index (κ3) is 3.14. The quantitative estimate of drug-likeness (QED) is 0.657. The molecule has 0 radical (unpaired) electrons. The maximum atomic E-state index is 13.6. The van der Waals surface area contributed by atoms with Gasteiger partial charge < -0.3 is 5.32 Å². The Bertz CT molecular complexity index is 408. The molecule has 94 valence electrons. The molecule has 1 N–H and O–H groups in total. The summed E-state index contributed by atoms with van der Waals surface area (Å²) in [6, 6.07) is 3.61. The molecule has 0 saturated carbocycles. The highest BCUT2D eigenvalue weighted by atomic mass is 35.5. The van der Waals surface area contributed by atoms with Gasteiger partial charge in [0.15, 0.2) is 0 Å². The van der Waals surface area contributed by atoms with Gasteiger partial charge in [-0.2, -0.15) is 0 Å². The van der Waals surface area contributed by atoms with Crippen LogP contribution in [0.15, 0.2) is 18.2 Å². The van der Waals surface area contributed by atoms with Gasteiger partial charge in [-0.15, -0.1) is 12.4 Å². The fraction of sp³-hybridized carbons (Fsp3) is 0.455. The molecule has 2 rings (SSSR count). The van der Waals surface area contributed by atoms with E-state index in [4.69, 9.17) is 0 Å². The van der Waals surface area contributed by atoms with Gasteiger partial charge in [0.2, 0.25) is 0 Å². The lowest BCUT2D eigenvalue weighted by Gasteiger charge is -2.23. The molecule has 0 bridgehead atoms. The van der Waals surface area contributed by atoms with Gasteiger partial charge in [0.05, 0.1) is 4.92 Å². The molecule has 1 heterocycles.